The molecule has 0 saturated heterocycles. The van der Waals surface area contributed by atoms with E-state index in [1.165, 1.54) is 26.0 Å². The molecule has 1 aromatic heterocycles. The van der Waals surface area contributed by atoms with E-state index in [9.17, 15) is 27.6 Å². The van der Waals surface area contributed by atoms with Gasteiger partial charge in [-0.25, -0.2) is 9.48 Å². The van der Waals surface area contributed by atoms with Crippen LogP contribution in [0.25, 0.3) is 5.69 Å². The summed E-state index contributed by atoms with van der Waals surface area (Å²) in [7, 11) is 1.16. The molecule has 0 aliphatic carbocycles. The summed E-state index contributed by atoms with van der Waals surface area (Å²) in [5.41, 5.74) is -2.75. The van der Waals surface area contributed by atoms with Gasteiger partial charge in [-0.2, -0.15) is 18.3 Å². The molecule has 0 spiro atoms. The van der Waals surface area contributed by atoms with Crippen LogP contribution in [-0.4, -0.2) is 44.8 Å². The summed E-state index contributed by atoms with van der Waals surface area (Å²) in [4.78, 5) is 36.4. The molecular weight excluding hydrogens is 367 g/mol. The Labute approximate surface area is 151 Å². The number of hydrogen-bond donors (Lipinski definition) is 1. The van der Waals surface area contributed by atoms with Crippen LogP contribution in [0.4, 0.5) is 13.2 Å². The molecular formula is C17H16F3N3O4. The number of carboxylic acid groups (broad SMARTS) is 1. The normalized spacial score (nSPS) is 12.5. The van der Waals surface area contributed by atoms with Gasteiger partial charge in [-0.05, 0) is 26.0 Å². The van der Waals surface area contributed by atoms with Crippen LogP contribution in [0.3, 0.4) is 0 Å². The van der Waals surface area contributed by atoms with Crippen LogP contribution in [0.5, 0.6) is 0 Å². The number of nitrogens with zero attached hydrogens (tertiary/aromatic N) is 3. The van der Waals surface area contributed by atoms with Gasteiger partial charge in [0.15, 0.2) is 5.69 Å². The highest BCUT2D eigenvalue weighted by atomic mass is 19.4. The lowest BCUT2D eigenvalue weighted by Gasteiger charge is -2.22. The van der Waals surface area contributed by atoms with Crippen molar-refractivity contribution in [1.82, 2.24) is 14.7 Å². The first-order chi connectivity index (χ1) is 12.4. The third kappa shape index (κ3) is 3.99. The molecule has 0 saturated carbocycles. The molecule has 1 N–H and O–H groups in total. The Balaban J connectivity index is 2.64. The number of carbonyl (C=O) groups is 2. The van der Waals surface area contributed by atoms with Gasteiger partial charge in [0.2, 0.25) is 5.43 Å². The van der Waals surface area contributed by atoms with E-state index >= 15 is 0 Å². The Morgan fingerprint density at radius 2 is 1.85 bits per heavy atom. The highest BCUT2D eigenvalue weighted by Crippen LogP contribution is 2.33. The number of hydrogen-bond acceptors (Lipinski definition) is 4. The fourth-order valence-electron chi connectivity index (χ4n) is 2.35. The van der Waals surface area contributed by atoms with Crippen LogP contribution >= 0.6 is 0 Å². The first-order valence-corrected chi connectivity index (χ1v) is 7.72. The fourth-order valence-corrected chi connectivity index (χ4v) is 2.35. The van der Waals surface area contributed by atoms with Gasteiger partial charge in [0.1, 0.15) is 6.04 Å². The molecule has 1 unspecified atom stereocenters. The third-order valence-corrected chi connectivity index (χ3v) is 4.01. The van der Waals surface area contributed by atoms with Gasteiger partial charge in [0.05, 0.1) is 11.3 Å². The topological polar surface area (TPSA) is 92.5 Å². The first kappa shape index (κ1) is 20.1. The van der Waals surface area contributed by atoms with Crippen LogP contribution in [0, 0.1) is 6.92 Å². The van der Waals surface area contributed by atoms with Crippen LogP contribution in [-0.2, 0) is 11.0 Å². The summed E-state index contributed by atoms with van der Waals surface area (Å²) in [6.07, 6.45) is -4.67. The second-order valence-corrected chi connectivity index (χ2v) is 5.86. The Kier molecular flexibility index (Phi) is 5.38. The summed E-state index contributed by atoms with van der Waals surface area (Å²) in [5.74, 6) is -2.31. The minimum absolute atomic E-state index is 0.0854. The lowest BCUT2D eigenvalue weighted by atomic mass is 10.1. The molecule has 7 nitrogen and oxygen atoms in total. The Bertz CT molecular complexity index is 953. The highest BCUT2D eigenvalue weighted by Gasteiger charge is 2.34. The van der Waals surface area contributed by atoms with Gasteiger partial charge in [0, 0.05) is 18.8 Å². The molecule has 0 fully saturated rings. The Morgan fingerprint density at radius 3 is 2.41 bits per heavy atom. The van der Waals surface area contributed by atoms with Gasteiger partial charge < -0.3 is 10.0 Å². The molecule has 1 amide bonds. The predicted molar refractivity (Wildman–Crippen MR) is 88.8 cm³/mol. The highest BCUT2D eigenvalue weighted by molar-refractivity contribution is 5.94. The predicted octanol–water partition coefficient (Wildman–Crippen LogP) is 2.10. The zero-order valence-electron chi connectivity index (χ0n) is 14.6. The minimum Gasteiger partial charge on any atom is -0.480 e. The molecule has 2 aromatic rings. The van der Waals surface area contributed by atoms with Gasteiger partial charge in [-0.1, -0.05) is 12.1 Å². The van der Waals surface area contributed by atoms with Crippen molar-refractivity contribution in [1.29, 1.82) is 0 Å². The number of amides is 1. The number of aryl methyl sites for hydroxylation is 1. The molecule has 1 heterocycles. The Hall–Kier alpha value is -3.17. The van der Waals surface area contributed by atoms with Crippen LogP contribution < -0.4 is 5.43 Å². The Morgan fingerprint density at radius 1 is 1.26 bits per heavy atom. The number of rotatable bonds is 4. The number of likely N-dealkylation sites (N-methyl/N-ethyl adjacent to an activating group) is 1. The number of alkyl halides is 3. The number of carbonyl (C=O) groups excluding carboxylic acids is 1. The van der Waals surface area contributed by atoms with Gasteiger partial charge in [-0.15, -0.1) is 0 Å². The number of para-hydroxylation sites is 1. The molecule has 1 aromatic carbocycles. The number of halogens is 3. The average Bonchev–Trinajstić information content (AvgIpc) is 2.59. The van der Waals surface area contributed by atoms with Crippen molar-refractivity contribution >= 4 is 11.9 Å². The molecule has 0 aliphatic rings. The summed E-state index contributed by atoms with van der Waals surface area (Å²) in [5, 5.41) is 12.8. The molecule has 0 bridgehead atoms. The number of benzene rings is 1. The zero-order chi connectivity index (χ0) is 20.5. The van der Waals surface area contributed by atoms with E-state index in [0.717, 1.165) is 34.8 Å². The van der Waals surface area contributed by atoms with Crippen molar-refractivity contribution < 1.29 is 27.9 Å². The van der Waals surface area contributed by atoms with Crippen LogP contribution in [0.1, 0.15) is 28.7 Å². The molecule has 144 valence electrons. The average molecular weight is 383 g/mol. The molecule has 0 aliphatic heterocycles. The van der Waals surface area contributed by atoms with Crippen molar-refractivity contribution in [3.63, 3.8) is 0 Å². The largest absolute Gasteiger partial charge is 0.480 e. The van der Waals surface area contributed by atoms with E-state index in [1.807, 2.05) is 0 Å². The summed E-state index contributed by atoms with van der Waals surface area (Å²) >= 11 is 0. The number of carboxylic acids is 1. The number of aromatic nitrogens is 2. The number of aliphatic carboxylic acids is 1. The van der Waals surface area contributed by atoms with E-state index in [4.69, 9.17) is 5.11 Å². The van der Waals surface area contributed by atoms with Crippen LogP contribution in [0.2, 0.25) is 0 Å². The van der Waals surface area contributed by atoms with E-state index < -0.39 is 40.8 Å². The lowest BCUT2D eigenvalue weighted by molar-refractivity contribution is -0.141. The maximum absolute atomic E-state index is 13.3. The van der Waals surface area contributed by atoms with Gasteiger partial charge in [0.25, 0.3) is 5.91 Å². The van der Waals surface area contributed by atoms with E-state index in [2.05, 4.69) is 5.10 Å². The van der Waals surface area contributed by atoms with E-state index in [1.54, 1.807) is 0 Å². The standard InChI is InChI=1S/C17H16F3N3O4/c1-9-8-13(24)14(15(25)22(3)10(2)16(26)27)21-23(9)12-7-5-4-6-11(12)17(18,19)20/h4-8,10H,1-3H3,(H,26,27). The molecule has 10 heteroatoms. The summed E-state index contributed by atoms with van der Waals surface area (Å²) in [6, 6.07) is 4.31. The SMILES string of the molecule is Cc1cc(=O)c(C(=O)N(C)C(C)C(=O)O)nn1-c1ccccc1C(F)(F)F. The molecule has 1 atom stereocenters. The van der Waals surface area contributed by atoms with Crippen LogP contribution in [0.15, 0.2) is 35.1 Å². The monoisotopic (exact) mass is 383 g/mol. The summed E-state index contributed by atoms with van der Waals surface area (Å²) in [6.45, 7) is 2.60. The lowest BCUT2D eigenvalue weighted by Crippen LogP contribution is -2.42. The molecule has 0 radical (unpaired) electrons. The van der Waals surface area contributed by atoms with E-state index in [0.29, 0.717) is 0 Å². The molecule has 2 rings (SSSR count). The van der Waals surface area contributed by atoms with Crippen molar-refractivity contribution in [3.8, 4) is 5.69 Å². The smallest absolute Gasteiger partial charge is 0.418 e. The fraction of sp³-hybridized carbons (Fsp3) is 0.294. The second kappa shape index (κ2) is 7.22. The van der Waals surface area contributed by atoms with E-state index in [-0.39, 0.29) is 11.4 Å². The minimum atomic E-state index is -4.67. The van der Waals surface area contributed by atoms with Crippen molar-refractivity contribution in [3.05, 3.63) is 57.5 Å². The third-order valence-electron chi connectivity index (χ3n) is 4.01. The first-order valence-electron chi connectivity index (χ1n) is 7.72. The van der Waals surface area contributed by atoms with Crippen molar-refractivity contribution in [2.45, 2.75) is 26.1 Å². The maximum Gasteiger partial charge on any atom is 0.418 e. The maximum atomic E-state index is 13.3. The van der Waals surface area contributed by atoms with Gasteiger partial charge in [-0.3, -0.25) is 9.59 Å². The quantitative estimate of drug-likeness (QED) is 0.873. The summed E-state index contributed by atoms with van der Waals surface area (Å²) < 4.78 is 40.7. The van der Waals surface area contributed by atoms with Crippen molar-refractivity contribution in [2.75, 3.05) is 7.05 Å². The zero-order valence-corrected chi connectivity index (χ0v) is 14.6. The van der Waals surface area contributed by atoms with Crippen molar-refractivity contribution in [2.24, 2.45) is 0 Å². The molecule has 27 heavy (non-hydrogen) atoms. The van der Waals surface area contributed by atoms with Gasteiger partial charge >= 0.3 is 12.1 Å². The second-order valence-electron chi connectivity index (χ2n) is 5.86.